The van der Waals surface area contributed by atoms with E-state index in [2.05, 4.69) is 4.98 Å². The molecule has 0 amide bonds. The first kappa shape index (κ1) is 12.9. The van der Waals surface area contributed by atoms with E-state index in [0.29, 0.717) is 17.9 Å². The average molecular weight is 249 g/mol. The number of H-pyrrole nitrogens is 1. The lowest BCUT2D eigenvalue weighted by Gasteiger charge is -2.20. The number of carbonyl (C=O) groups is 2. The van der Waals surface area contributed by atoms with Crippen LogP contribution < -0.4 is 0 Å². The van der Waals surface area contributed by atoms with Gasteiger partial charge in [0.2, 0.25) is 0 Å². The molecule has 18 heavy (non-hydrogen) atoms. The molecule has 0 saturated heterocycles. The third-order valence-corrected chi connectivity index (χ3v) is 3.74. The van der Waals surface area contributed by atoms with Gasteiger partial charge in [0.15, 0.2) is 5.78 Å². The van der Waals surface area contributed by atoms with Crippen molar-refractivity contribution < 1.29 is 14.7 Å². The Morgan fingerprint density at radius 1 is 1.28 bits per heavy atom. The molecule has 1 saturated carbocycles. The van der Waals surface area contributed by atoms with Gasteiger partial charge < -0.3 is 10.1 Å². The fourth-order valence-electron chi connectivity index (χ4n) is 2.63. The van der Waals surface area contributed by atoms with Gasteiger partial charge in [0.25, 0.3) is 0 Å². The third kappa shape index (κ3) is 3.22. The number of hydrogen-bond donors (Lipinski definition) is 2. The van der Waals surface area contributed by atoms with Gasteiger partial charge in [0.05, 0.1) is 0 Å². The van der Waals surface area contributed by atoms with Crippen molar-refractivity contribution >= 4 is 11.8 Å². The van der Waals surface area contributed by atoms with E-state index >= 15 is 0 Å². The Morgan fingerprint density at radius 2 is 2.00 bits per heavy atom. The van der Waals surface area contributed by atoms with Gasteiger partial charge in [-0.15, -0.1) is 0 Å². The van der Waals surface area contributed by atoms with Gasteiger partial charge in [-0.1, -0.05) is 32.1 Å². The maximum atomic E-state index is 11.9. The summed E-state index contributed by atoms with van der Waals surface area (Å²) in [5.41, 5.74) is 0.569. The molecule has 0 radical (unpaired) electrons. The molecular formula is C14H19NO3. The molecule has 4 heteroatoms. The molecule has 4 nitrogen and oxygen atoms in total. The number of aromatic carboxylic acids is 1. The molecule has 1 fully saturated rings. The smallest absolute Gasteiger partial charge is 0.352 e. The Bertz CT molecular complexity index is 430. The molecule has 0 aliphatic heterocycles. The Hall–Kier alpha value is -1.58. The average Bonchev–Trinajstić information content (AvgIpc) is 2.87. The topological polar surface area (TPSA) is 70.2 Å². The van der Waals surface area contributed by atoms with Gasteiger partial charge in [0, 0.05) is 18.2 Å². The molecule has 1 aromatic rings. The number of carboxylic acids is 1. The summed E-state index contributed by atoms with van der Waals surface area (Å²) in [6.07, 6.45) is 9.32. The maximum absolute atomic E-state index is 11.9. The summed E-state index contributed by atoms with van der Waals surface area (Å²) in [6.45, 7) is 0. The van der Waals surface area contributed by atoms with Gasteiger partial charge in [-0.2, -0.15) is 0 Å². The van der Waals surface area contributed by atoms with Crippen molar-refractivity contribution in [3.63, 3.8) is 0 Å². The van der Waals surface area contributed by atoms with Crippen LogP contribution in [0.4, 0.5) is 0 Å². The highest BCUT2D eigenvalue weighted by molar-refractivity contribution is 5.98. The van der Waals surface area contributed by atoms with Crippen LogP contribution in [-0.2, 0) is 0 Å². The molecule has 0 aromatic carbocycles. The quantitative estimate of drug-likeness (QED) is 0.787. The van der Waals surface area contributed by atoms with Gasteiger partial charge in [0.1, 0.15) is 5.69 Å². The molecule has 0 unspecified atom stereocenters. The van der Waals surface area contributed by atoms with Gasteiger partial charge in [-0.25, -0.2) is 4.79 Å². The molecule has 1 aliphatic rings. The van der Waals surface area contributed by atoms with Crippen LogP contribution >= 0.6 is 0 Å². The Labute approximate surface area is 106 Å². The largest absolute Gasteiger partial charge is 0.477 e. The van der Waals surface area contributed by atoms with Gasteiger partial charge >= 0.3 is 5.97 Å². The van der Waals surface area contributed by atoms with Crippen LogP contribution in [0.2, 0.25) is 0 Å². The lowest BCUT2D eigenvalue weighted by molar-refractivity contribution is 0.0691. The fourth-order valence-corrected chi connectivity index (χ4v) is 2.63. The Balaban J connectivity index is 1.84. The molecule has 1 aliphatic carbocycles. The second-order valence-corrected chi connectivity index (χ2v) is 5.07. The third-order valence-electron chi connectivity index (χ3n) is 3.74. The van der Waals surface area contributed by atoms with Crippen molar-refractivity contribution in [1.29, 1.82) is 0 Å². The zero-order valence-electron chi connectivity index (χ0n) is 10.4. The summed E-state index contributed by atoms with van der Waals surface area (Å²) in [5.74, 6) is -0.300. The molecule has 1 aromatic heterocycles. The summed E-state index contributed by atoms with van der Waals surface area (Å²) in [4.78, 5) is 25.2. The van der Waals surface area contributed by atoms with Crippen molar-refractivity contribution in [2.45, 2.75) is 44.9 Å². The van der Waals surface area contributed by atoms with Gasteiger partial charge in [-0.3, -0.25) is 4.79 Å². The van der Waals surface area contributed by atoms with Crippen molar-refractivity contribution in [1.82, 2.24) is 4.98 Å². The number of nitrogens with one attached hydrogen (secondary N) is 1. The molecule has 1 heterocycles. The summed E-state index contributed by atoms with van der Waals surface area (Å²) in [7, 11) is 0. The van der Waals surface area contributed by atoms with Crippen LogP contribution in [0.15, 0.2) is 12.3 Å². The molecular weight excluding hydrogens is 230 g/mol. The molecule has 0 spiro atoms. The summed E-state index contributed by atoms with van der Waals surface area (Å²) >= 11 is 0. The molecule has 0 bridgehead atoms. The van der Waals surface area contributed by atoms with Crippen molar-refractivity contribution in [3.8, 4) is 0 Å². The Morgan fingerprint density at radius 3 is 2.61 bits per heavy atom. The van der Waals surface area contributed by atoms with E-state index < -0.39 is 5.97 Å². The van der Waals surface area contributed by atoms with E-state index in [0.717, 1.165) is 6.42 Å². The lowest BCUT2D eigenvalue weighted by atomic mass is 9.85. The second kappa shape index (κ2) is 5.85. The number of carbonyl (C=O) groups excluding carboxylic acids is 1. The van der Waals surface area contributed by atoms with Crippen LogP contribution in [-0.4, -0.2) is 21.8 Å². The normalized spacial score (nSPS) is 16.7. The molecule has 98 valence electrons. The molecule has 2 N–H and O–H groups in total. The van der Waals surface area contributed by atoms with E-state index in [9.17, 15) is 9.59 Å². The predicted molar refractivity (Wildman–Crippen MR) is 67.9 cm³/mol. The number of ketones is 1. The molecule has 0 atom stereocenters. The zero-order chi connectivity index (χ0) is 13.0. The first-order valence-electron chi connectivity index (χ1n) is 6.61. The number of aromatic amines is 1. The minimum Gasteiger partial charge on any atom is -0.477 e. The standard InChI is InChI=1S/C14H19NO3/c16-13(7-6-10-4-2-1-3-5-10)11-8-12(14(17)18)15-9-11/h8-10,15H,1-7H2,(H,17,18). The summed E-state index contributed by atoms with van der Waals surface area (Å²) < 4.78 is 0. The van der Waals surface area contributed by atoms with E-state index in [1.165, 1.54) is 44.4 Å². The van der Waals surface area contributed by atoms with E-state index in [1.807, 2.05) is 0 Å². The summed E-state index contributed by atoms with van der Waals surface area (Å²) in [6, 6.07) is 1.42. The second-order valence-electron chi connectivity index (χ2n) is 5.07. The number of hydrogen-bond acceptors (Lipinski definition) is 2. The highest BCUT2D eigenvalue weighted by Gasteiger charge is 2.17. The minimum absolute atomic E-state index is 0.0457. The number of rotatable bonds is 5. The lowest BCUT2D eigenvalue weighted by Crippen LogP contribution is -2.08. The zero-order valence-corrected chi connectivity index (χ0v) is 10.4. The van der Waals surface area contributed by atoms with Crippen LogP contribution in [0, 0.1) is 5.92 Å². The monoisotopic (exact) mass is 249 g/mol. The van der Waals surface area contributed by atoms with Crippen molar-refractivity contribution in [2.24, 2.45) is 5.92 Å². The van der Waals surface area contributed by atoms with E-state index in [4.69, 9.17) is 5.11 Å². The predicted octanol–water partition coefficient (Wildman–Crippen LogP) is 3.26. The van der Waals surface area contributed by atoms with Crippen LogP contribution in [0.3, 0.4) is 0 Å². The number of Topliss-reactive ketones (excluding diaryl/α,β-unsaturated/α-hetero) is 1. The fraction of sp³-hybridized carbons (Fsp3) is 0.571. The first-order valence-corrected chi connectivity index (χ1v) is 6.61. The van der Waals surface area contributed by atoms with Crippen molar-refractivity contribution in [2.75, 3.05) is 0 Å². The van der Waals surface area contributed by atoms with E-state index in [-0.39, 0.29) is 11.5 Å². The van der Waals surface area contributed by atoms with Crippen molar-refractivity contribution in [3.05, 3.63) is 23.5 Å². The van der Waals surface area contributed by atoms with Gasteiger partial charge in [-0.05, 0) is 18.4 Å². The maximum Gasteiger partial charge on any atom is 0.352 e. The van der Waals surface area contributed by atoms with Crippen LogP contribution in [0.25, 0.3) is 0 Å². The SMILES string of the molecule is O=C(CCC1CCCCC1)c1c[nH]c(C(=O)O)c1. The molecule has 2 rings (SSSR count). The summed E-state index contributed by atoms with van der Waals surface area (Å²) in [5, 5.41) is 8.77. The Kier molecular flexibility index (Phi) is 4.18. The van der Waals surface area contributed by atoms with E-state index in [1.54, 1.807) is 0 Å². The highest BCUT2D eigenvalue weighted by atomic mass is 16.4. The highest BCUT2D eigenvalue weighted by Crippen LogP contribution is 2.27. The minimum atomic E-state index is -1.03. The van der Waals surface area contributed by atoms with Crippen LogP contribution in [0.5, 0.6) is 0 Å². The first-order chi connectivity index (χ1) is 8.66. The number of aromatic nitrogens is 1. The number of carboxylic acid groups (broad SMARTS) is 1. The van der Waals surface area contributed by atoms with Crippen LogP contribution in [0.1, 0.15) is 65.8 Å².